The molecule has 0 amide bonds. The summed E-state index contributed by atoms with van der Waals surface area (Å²) in [4.78, 5) is 0. The van der Waals surface area contributed by atoms with Crippen LogP contribution in [0.4, 0.5) is 0 Å². The number of ether oxygens (including phenoxy) is 9. The minimum absolute atomic E-state index is 0.0555. The van der Waals surface area contributed by atoms with Crippen LogP contribution in [0.1, 0.15) is 79.1 Å². The molecule has 0 aliphatic carbocycles. The third-order valence-electron chi connectivity index (χ3n) is 5.60. The highest BCUT2D eigenvalue weighted by Crippen LogP contribution is 2.05. The zero-order valence-electron chi connectivity index (χ0n) is 27.1. The second-order valence-electron chi connectivity index (χ2n) is 9.51. The van der Waals surface area contributed by atoms with Gasteiger partial charge in [-0.15, -0.1) is 0 Å². The second-order valence-corrected chi connectivity index (χ2v) is 9.51. The first-order valence-corrected chi connectivity index (χ1v) is 16.1. The smallest absolute Gasteiger partial charge is 0.0704 e. The summed E-state index contributed by atoms with van der Waals surface area (Å²) < 4.78 is 48.3. The highest BCUT2D eigenvalue weighted by molar-refractivity contribution is 4.50. The Hall–Kier alpha value is -0.400. The quantitative estimate of drug-likeness (QED) is 0.105. The fraction of sp³-hybridized carbons (Fsp3) is 1.00. The van der Waals surface area contributed by atoms with Crippen molar-refractivity contribution in [3.8, 4) is 0 Å². The Morgan fingerprint density at radius 2 is 0.707 bits per heavy atom. The lowest BCUT2D eigenvalue weighted by atomic mass is 10.1. The molecule has 10 nitrogen and oxygen atoms in total. The number of rotatable bonds is 34. The fourth-order valence-electron chi connectivity index (χ4n) is 3.15. The number of aliphatic hydroxyl groups is 1. The van der Waals surface area contributed by atoms with Crippen LogP contribution in [0.2, 0.25) is 0 Å². The lowest BCUT2D eigenvalue weighted by molar-refractivity contribution is -0.0185. The van der Waals surface area contributed by atoms with Crippen molar-refractivity contribution in [3.05, 3.63) is 0 Å². The van der Waals surface area contributed by atoms with Crippen molar-refractivity contribution in [3.63, 3.8) is 0 Å². The van der Waals surface area contributed by atoms with E-state index >= 15 is 0 Å². The van der Waals surface area contributed by atoms with Crippen LogP contribution < -0.4 is 0 Å². The normalized spacial score (nSPS) is 11.9. The predicted molar refractivity (Wildman–Crippen MR) is 163 cm³/mol. The van der Waals surface area contributed by atoms with Crippen molar-refractivity contribution >= 4 is 0 Å². The van der Waals surface area contributed by atoms with Crippen LogP contribution in [0.3, 0.4) is 0 Å². The van der Waals surface area contributed by atoms with Gasteiger partial charge in [0, 0.05) is 13.2 Å². The maximum absolute atomic E-state index is 8.49. The summed E-state index contributed by atoms with van der Waals surface area (Å²) in [5, 5.41) is 8.49. The second kappa shape index (κ2) is 41.7. The molecule has 0 aromatic rings. The summed E-state index contributed by atoms with van der Waals surface area (Å²) in [6.07, 6.45) is 9.80. The minimum atomic E-state index is 0.0555. The van der Waals surface area contributed by atoms with E-state index in [-0.39, 0.29) is 6.61 Å². The third kappa shape index (κ3) is 44.2. The van der Waals surface area contributed by atoms with Crippen LogP contribution in [0.15, 0.2) is 0 Å². The van der Waals surface area contributed by atoms with Crippen molar-refractivity contribution in [2.45, 2.75) is 85.2 Å². The van der Waals surface area contributed by atoms with Crippen molar-refractivity contribution < 1.29 is 47.7 Å². The topological polar surface area (TPSA) is 103 Å². The Bertz CT molecular complexity index is 414. The Labute approximate surface area is 252 Å². The van der Waals surface area contributed by atoms with E-state index < -0.39 is 0 Å². The summed E-state index contributed by atoms with van der Waals surface area (Å²) in [5.74, 6) is 0. The molecule has 1 unspecified atom stereocenters. The van der Waals surface area contributed by atoms with E-state index in [2.05, 4.69) is 27.7 Å². The molecule has 1 atom stereocenters. The first-order chi connectivity index (χ1) is 20.2. The average Bonchev–Trinajstić information content (AvgIpc) is 2.98. The van der Waals surface area contributed by atoms with Crippen molar-refractivity contribution in [2.24, 2.45) is 0 Å². The molecule has 0 heterocycles. The number of hydrogen-bond donors (Lipinski definition) is 1. The molecular weight excluding hydrogens is 532 g/mol. The first kappa shape index (κ1) is 42.7. The summed E-state index contributed by atoms with van der Waals surface area (Å²) in [6, 6.07) is 0. The molecule has 0 saturated carbocycles. The monoisotopic (exact) mass is 598 g/mol. The summed E-state index contributed by atoms with van der Waals surface area (Å²) in [7, 11) is 0. The van der Waals surface area contributed by atoms with Gasteiger partial charge in [-0.25, -0.2) is 0 Å². The zero-order valence-corrected chi connectivity index (χ0v) is 27.1. The van der Waals surface area contributed by atoms with Gasteiger partial charge in [0.25, 0.3) is 0 Å². The molecule has 41 heavy (non-hydrogen) atoms. The van der Waals surface area contributed by atoms with Gasteiger partial charge in [-0.3, -0.25) is 0 Å². The molecule has 0 aromatic heterocycles. The highest BCUT2D eigenvalue weighted by atomic mass is 16.6. The molecule has 0 saturated heterocycles. The molecule has 0 aromatic carbocycles. The molecule has 10 heteroatoms. The average molecular weight is 599 g/mol. The maximum Gasteiger partial charge on any atom is 0.0704 e. The summed E-state index contributed by atoms with van der Waals surface area (Å²) in [5.41, 5.74) is 0. The largest absolute Gasteiger partial charge is 0.394 e. The Balaban J connectivity index is 0. The van der Waals surface area contributed by atoms with Crippen LogP contribution in [0, 0.1) is 0 Å². The number of aliphatic hydroxyl groups excluding tert-OH is 1. The minimum Gasteiger partial charge on any atom is -0.394 e. The fourth-order valence-corrected chi connectivity index (χ4v) is 3.15. The molecule has 0 fully saturated rings. The van der Waals surface area contributed by atoms with Crippen molar-refractivity contribution in [1.82, 2.24) is 0 Å². The molecule has 1 N–H and O–H groups in total. The lowest BCUT2D eigenvalue weighted by Gasteiger charge is -2.13. The Morgan fingerprint density at radius 1 is 0.390 bits per heavy atom. The van der Waals surface area contributed by atoms with Crippen molar-refractivity contribution in [2.75, 3.05) is 119 Å². The SMILES string of the molecule is CCCCCC(C)OCCOCCOCCOCCO.CCCCOCCOCCOCCOCCOCCCC. The third-order valence-corrected chi connectivity index (χ3v) is 5.60. The molecule has 0 rings (SSSR count). The van der Waals surface area contributed by atoms with Gasteiger partial charge < -0.3 is 47.7 Å². The van der Waals surface area contributed by atoms with E-state index in [0.717, 1.165) is 32.5 Å². The number of hydrogen-bond acceptors (Lipinski definition) is 10. The van der Waals surface area contributed by atoms with Crippen LogP contribution in [-0.4, -0.2) is 130 Å². The van der Waals surface area contributed by atoms with E-state index in [1.807, 2.05) is 0 Å². The predicted octanol–water partition coefficient (Wildman–Crippen LogP) is 4.68. The van der Waals surface area contributed by atoms with Crippen LogP contribution in [-0.2, 0) is 42.6 Å². The molecule has 0 aliphatic heterocycles. The molecule has 250 valence electrons. The zero-order chi connectivity index (χ0) is 30.3. The Morgan fingerprint density at radius 3 is 1.05 bits per heavy atom. The van der Waals surface area contributed by atoms with E-state index in [0.29, 0.717) is 105 Å². The number of unbranched alkanes of at least 4 members (excludes halogenated alkanes) is 4. The van der Waals surface area contributed by atoms with E-state index in [4.69, 9.17) is 47.7 Å². The lowest BCUT2D eigenvalue weighted by Crippen LogP contribution is -2.15. The summed E-state index contributed by atoms with van der Waals surface area (Å²) in [6.45, 7) is 19.2. The molecule has 0 bridgehead atoms. The van der Waals surface area contributed by atoms with Crippen LogP contribution in [0.25, 0.3) is 0 Å². The van der Waals surface area contributed by atoms with Gasteiger partial charge in [0.2, 0.25) is 0 Å². The standard InChI is InChI=1S/C16H34O5.C15H32O5/c1-3-5-7-17-9-11-19-13-15-21-16-14-20-12-10-18-8-6-4-2;1-3-4-5-6-15(2)20-14-13-19-12-11-18-10-9-17-8-7-16/h3-16H2,1-2H3;15-16H,3-14H2,1-2H3. The van der Waals surface area contributed by atoms with E-state index in [1.165, 1.54) is 32.1 Å². The van der Waals surface area contributed by atoms with Gasteiger partial charge in [0.05, 0.1) is 112 Å². The molecule has 0 aliphatic rings. The van der Waals surface area contributed by atoms with Crippen molar-refractivity contribution in [1.29, 1.82) is 0 Å². The highest BCUT2D eigenvalue weighted by Gasteiger charge is 2.01. The van der Waals surface area contributed by atoms with Gasteiger partial charge >= 0.3 is 0 Å². The van der Waals surface area contributed by atoms with Gasteiger partial charge in [-0.05, 0) is 26.2 Å². The van der Waals surface area contributed by atoms with Gasteiger partial charge in [-0.1, -0.05) is 52.9 Å². The van der Waals surface area contributed by atoms with Crippen LogP contribution in [0.5, 0.6) is 0 Å². The van der Waals surface area contributed by atoms with E-state index in [1.54, 1.807) is 0 Å². The Kier molecular flexibility index (Phi) is 43.5. The maximum atomic E-state index is 8.49. The molecule has 0 radical (unpaired) electrons. The van der Waals surface area contributed by atoms with Gasteiger partial charge in [-0.2, -0.15) is 0 Å². The molecule has 0 spiro atoms. The van der Waals surface area contributed by atoms with Gasteiger partial charge in [0.15, 0.2) is 0 Å². The van der Waals surface area contributed by atoms with E-state index in [9.17, 15) is 0 Å². The summed E-state index contributed by atoms with van der Waals surface area (Å²) >= 11 is 0. The first-order valence-electron chi connectivity index (χ1n) is 16.1. The molecular formula is C31H66O10. The van der Waals surface area contributed by atoms with Crippen LogP contribution >= 0.6 is 0 Å². The van der Waals surface area contributed by atoms with Gasteiger partial charge in [0.1, 0.15) is 0 Å².